The van der Waals surface area contributed by atoms with Gasteiger partial charge >= 0.3 is 17.9 Å². The molecular weight excluding hydrogens is 396 g/mol. The van der Waals surface area contributed by atoms with E-state index >= 15 is 0 Å². The second kappa shape index (κ2) is 8.29. The fourth-order valence-electron chi connectivity index (χ4n) is 5.92. The maximum Gasteiger partial charge on any atom is 0.316 e. The number of esters is 3. The molecule has 0 spiro atoms. The Bertz CT molecular complexity index is 913. The minimum Gasteiger partial charge on any atom is -0.468 e. The van der Waals surface area contributed by atoms with E-state index in [1.807, 2.05) is 19.9 Å². The van der Waals surface area contributed by atoms with Crippen LogP contribution in [0.5, 0.6) is 11.5 Å². The Morgan fingerprint density at radius 2 is 1.65 bits per heavy atom. The van der Waals surface area contributed by atoms with Gasteiger partial charge in [0.15, 0.2) is 11.5 Å². The van der Waals surface area contributed by atoms with Gasteiger partial charge in [-0.1, -0.05) is 40.2 Å². The number of benzene rings is 1. The van der Waals surface area contributed by atoms with Crippen molar-refractivity contribution < 1.29 is 28.6 Å². The van der Waals surface area contributed by atoms with Gasteiger partial charge in [0.1, 0.15) is 5.41 Å². The molecule has 0 bridgehead atoms. The number of ether oxygens (including phenoxy) is 3. The van der Waals surface area contributed by atoms with Crippen molar-refractivity contribution in [3.63, 3.8) is 0 Å². The van der Waals surface area contributed by atoms with Crippen molar-refractivity contribution in [3.8, 4) is 11.5 Å². The van der Waals surface area contributed by atoms with E-state index < -0.39 is 17.4 Å². The third-order valence-corrected chi connectivity index (χ3v) is 7.09. The number of methoxy groups -OCH3 is 1. The first-order valence-electron chi connectivity index (χ1n) is 11.1. The second-order valence-electron chi connectivity index (χ2n) is 9.90. The zero-order chi connectivity index (χ0) is 23.1. The number of fused-ring (bicyclic) bond motifs is 3. The monoisotopic (exact) mass is 430 g/mol. The molecule has 0 amide bonds. The van der Waals surface area contributed by atoms with Crippen LogP contribution in [0, 0.1) is 11.3 Å². The molecule has 1 fully saturated rings. The van der Waals surface area contributed by atoms with Gasteiger partial charge in [-0.15, -0.1) is 0 Å². The van der Waals surface area contributed by atoms with Gasteiger partial charge in [0.25, 0.3) is 0 Å². The Morgan fingerprint density at radius 3 is 2.19 bits per heavy atom. The first-order chi connectivity index (χ1) is 14.5. The van der Waals surface area contributed by atoms with Crippen molar-refractivity contribution in [1.29, 1.82) is 0 Å². The smallest absolute Gasteiger partial charge is 0.316 e. The van der Waals surface area contributed by atoms with Crippen LogP contribution in [0.25, 0.3) is 0 Å². The predicted molar refractivity (Wildman–Crippen MR) is 116 cm³/mol. The fraction of sp³-hybridized carbons (Fsp3) is 0.640. The molecule has 0 radical (unpaired) electrons. The van der Waals surface area contributed by atoms with Crippen LogP contribution in [-0.4, -0.2) is 25.0 Å². The van der Waals surface area contributed by atoms with E-state index in [9.17, 15) is 14.4 Å². The summed E-state index contributed by atoms with van der Waals surface area (Å²) in [6.07, 6.45) is 4.08. The lowest BCUT2D eigenvalue weighted by Gasteiger charge is -2.54. The Labute approximate surface area is 184 Å². The molecule has 2 aliphatic rings. The SMILES string of the molecule is COC(=O)C12CCCC(C)(C)C1CCc1cc(C(C)C)c(OC(C)=O)c(OC(C)=O)c12. The minimum atomic E-state index is -0.945. The molecule has 3 rings (SSSR count). The van der Waals surface area contributed by atoms with Gasteiger partial charge in [-0.05, 0) is 48.5 Å². The summed E-state index contributed by atoms with van der Waals surface area (Å²) >= 11 is 0. The lowest BCUT2D eigenvalue weighted by molar-refractivity contribution is -0.157. The predicted octanol–water partition coefficient (Wildman–Crippen LogP) is 4.84. The minimum absolute atomic E-state index is 0.0260. The first-order valence-corrected chi connectivity index (χ1v) is 11.1. The second-order valence-corrected chi connectivity index (χ2v) is 9.90. The zero-order valence-corrected chi connectivity index (χ0v) is 19.7. The maximum atomic E-state index is 13.5. The van der Waals surface area contributed by atoms with E-state index in [0.717, 1.165) is 36.8 Å². The summed E-state index contributed by atoms with van der Waals surface area (Å²) in [6, 6.07) is 2.02. The average Bonchev–Trinajstić information content (AvgIpc) is 2.66. The number of carbonyl (C=O) groups excluding carboxylic acids is 3. The summed E-state index contributed by atoms with van der Waals surface area (Å²) in [5, 5.41) is 0. The number of aryl methyl sites for hydroxylation is 1. The zero-order valence-electron chi connectivity index (χ0n) is 19.7. The molecule has 2 aliphatic carbocycles. The lowest BCUT2D eigenvalue weighted by atomic mass is 9.49. The molecule has 2 unspecified atom stereocenters. The molecule has 1 saturated carbocycles. The molecular formula is C25H34O6. The van der Waals surface area contributed by atoms with Gasteiger partial charge in [-0.25, -0.2) is 0 Å². The number of hydrogen-bond donors (Lipinski definition) is 0. The van der Waals surface area contributed by atoms with E-state index in [4.69, 9.17) is 14.2 Å². The third kappa shape index (κ3) is 3.85. The summed E-state index contributed by atoms with van der Waals surface area (Å²) in [6.45, 7) is 11.0. The van der Waals surface area contributed by atoms with Gasteiger partial charge < -0.3 is 14.2 Å². The molecule has 0 N–H and O–H groups in total. The molecule has 0 aliphatic heterocycles. The Balaban J connectivity index is 2.44. The number of rotatable bonds is 4. The summed E-state index contributed by atoms with van der Waals surface area (Å²) in [5.41, 5.74) is 1.39. The Kier molecular flexibility index (Phi) is 6.23. The van der Waals surface area contributed by atoms with Crippen LogP contribution >= 0.6 is 0 Å². The molecule has 2 atom stereocenters. The van der Waals surface area contributed by atoms with E-state index in [-0.39, 0.29) is 34.7 Å². The summed E-state index contributed by atoms with van der Waals surface area (Å²) in [5.74, 6) is -0.833. The van der Waals surface area contributed by atoms with E-state index in [0.29, 0.717) is 12.0 Å². The highest BCUT2D eigenvalue weighted by Gasteiger charge is 2.59. The molecule has 6 heteroatoms. The molecule has 6 nitrogen and oxygen atoms in total. The molecule has 0 heterocycles. The van der Waals surface area contributed by atoms with Crippen LogP contribution < -0.4 is 9.47 Å². The summed E-state index contributed by atoms with van der Waals surface area (Å²) in [4.78, 5) is 37.7. The van der Waals surface area contributed by atoms with E-state index in [1.165, 1.54) is 21.0 Å². The van der Waals surface area contributed by atoms with Crippen molar-refractivity contribution in [3.05, 3.63) is 22.8 Å². The van der Waals surface area contributed by atoms with Crippen molar-refractivity contribution in [2.45, 2.75) is 85.0 Å². The average molecular weight is 431 g/mol. The van der Waals surface area contributed by atoms with Crippen molar-refractivity contribution in [1.82, 2.24) is 0 Å². The van der Waals surface area contributed by atoms with Crippen molar-refractivity contribution in [2.24, 2.45) is 11.3 Å². The van der Waals surface area contributed by atoms with Gasteiger partial charge in [0.2, 0.25) is 0 Å². The summed E-state index contributed by atoms with van der Waals surface area (Å²) < 4.78 is 16.7. The highest BCUT2D eigenvalue weighted by atomic mass is 16.6. The van der Waals surface area contributed by atoms with Crippen LogP contribution in [0.2, 0.25) is 0 Å². The lowest BCUT2D eigenvalue weighted by Crippen LogP contribution is -2.55. The number of hydrogen-bond acceptors (Lipinski definition) is 6. The van der Waals surface area contributed by atoms with Gasteiger partial charge in [-0.3, -0.25) is 14.4 Å². The van der Waals surface area contributed by atoms with Crippen molar-refractivity contribution in [2.75, 3.05) is 7.11 Å². The van der Waals surface area contributed by atoms with E-state index in [1.54, 1.807) is 0 Å². The Hall–Kier alpha value is -2.37. The molecule has 0 saturated heterocycles. The van der Waals surface area contributed by atoms with E-state index in [2.05, 4.69) is 13.8 Å². The highest BCUT2D eigenvalue weighted by Crippen LogP contribution is 2.61. The normalized spacial score (nSPS) is 24.1. The van der Waals surface area contributed by atoms with Crippen LogP contribution in [0.15, 0.2) is 6.07 Å². The topological polar surface area (TPSA) is 78.9 Å². The van der Waals surface area contributed by atoms with Crippen LogP contribution in [0.1, 0.15) is 89.8 Å². The Morgan fingerprint density at radius 1 is 1.03 bits per heavy atom. The third-order valence-electron chi connectivity index (χ3n) is 7.09. The highest BCUT2D eigenvalue weighted by molar-refractivity contribution is 5.88. The molecule has 170 valence electrons. The molecule has 31 heavy (non-hydrogen) atoms. The number of carbonyl (C=O) groups is 3. The van der Waals surface area contributed by atoms with Gasteiger partial charge in [-0.2, -0.15) is 0 Å². The summed E-state index contributed by atoms with van der Waals surface area (Å²) in [7, 11) is 1.41. The van der Waals surface area contributed by atoms with Crippen LogP contribution in [0.4, 0.5) is 0 Å². The standard InChI is InChI=1S/C25H34O6/c1-14(2)18-13-17-9-10-19-24(5,6)11-8-12-25(19,23(28)29-7)20(17)22(31-16(4)27)21(18)30-15(3)26/h13-14,19H,8-12H2,1-7H3. The van der Waals surface area contributed by atoms with Crippen LogP contribution in [-0.2, 0) is 31.0 Å². The van der Waals surface area contributed by atoms with Crippen molar-refractivity contribution >= 4 is 17.9 Å². The van der Waals surface area contributed by atoms with Gasteiger partial charge in [0, 0.05) is 25.0 Å². The molecule has 0 aromatic heterocycles. The first kappa shape index (κ1) is 23.3. The maximum absolute atomic E-state index is 13.5. The van der Waals surface area contributed by atoms with Crippen LogP contribution in [0.3, 0.4) is 0 Å². The largest absolute Gasteiger partial charge is 0.468 e. The molecule has 1 aromatic carbocycles. The fourth-order valence-corrected chi connectivity index (χ4v) is 5.92. The quantitative estimate of drug-likeness (QED) is 0.502. The van der Waals surface area contributed by atoms with Gasteiger partial charge in [0.05, 0.1) is 7.11 Å². The molecule has 1 aromatic rings.